The molecule has 0 saturated heterocycles. The zero-order valence-electron chi connectivity index (χ0n) is 11.7. The third-order valence-corrected chi connectivity index (χ3v) is 3.40. The molecule has 1 atom stereocenters. The molecular weight excluding hydrogens is 300 g/mol. The largest absolute Gasteiger partial charge is 0.352 e. The lowest BCUT2D eigenvalue weighted by Gasteiger charge is -2.21. The number of primary amides is 1. The lowest BCUT2D eigenvalue weighted by Crippen LogP contribution is -2.47. The lowest BCUT2D eigenvalue weighted by molar-refractivity contribution is -0.132. The van der Waals surface area contributed by atoms with Crippen molar-refractivity contribution in [2.75, 3.05) is 7.05 Å². The first-order valence-corrected chi connectivity index (χ1v) is 7.02. The van der Waals surface area contributed by atoms with Crippen LogP contribution in [0.2, 0.25) is 0 Å². The van der Waals surface area contributed by atoms with Crippen molar-refractivity contribution in [2.45, 2.75) is 30.2 Å². The van der Waals surface area contributed by atoms with Crippen molar-refractivity contribution in [3.8, 4) is 0 Å². The van der Waals surface area contributed by atoms with E-state index in [0.717, 1.165) is 5.56 Å². The Balaban J connectivity index is 2.59. The highest BCUT2D eigenvalue weighted by Gasteiger charge is 2.18. The van der Waals surface area contributed by atoms with Gasteiger partial charge in [0.1, 0.15) is 6.04 Å². The molecular formula is C13H17F2N3O2S. The molecule has 116 valence electrons. The molecule has 0 radical (unpaired) electrons. The van der Waals surface area contributed by atoms with E-state index in [2.05, 4.69) is 5.32 Å². The fourth-order valence-electron chi connectivity index (χ4n) is 1.73. The lowest BCUT2D eigenvalue weighted by atomic mass is 10.2. The van der Waals surface area contributed by atoms with Gasteiger partial charge >= 0.3 is 6.03 Å². The fourth-order valence-corrected chi connectivity index (χ4v) is 2.23. The van der Waals surface area contributed by atoms with Gasteiger partial charge in [-0.25, -0.2) is 4.79 Å². The number of urea groups is 1. The number of hydrogen-bond donors (Lipinski definition) is 2. The van der Waals surface area contributed by atoms with E-state index in [1.165, 1.54) is 11.8 Å². The van der Waals surface area contributed by atoms with E-state index in [1.54, 1.807) is 31.3 Å². The van der Waals surface area contributed by atoms with Crippen molar-refractivity contribution >= 4 is 23.7 Å². The molecule has 3 amide bonds. The smallest absolute Gasteiger partial charge is 0.312 e. The van der Waals surface area contributed by atoms with E-state index in [0.29, 0.717) is 23.2 Å². The molecule has 0 fully saturated rings. The number of thioether (sulfide) groups is 1. The van der Waals surface area contributed by atoms with Gasteiger partial charge in [0.2, 0.25) is 5.91 Å². The van der Waals surface area contributed by atoms with Crippen LogP contribution in [0.5, 0.6) is 0 Å². The van der Waals surface area contributed by atoms with Crippen LogP contribution in [0.4, 0.5) is 13.6 Å². The summed E-state index contributed by atoms with van der Waals surface area (Å²) >= 11 is 0.469. The van der Waals surface area contributed by atoms with Crippen molar-refractivity contribution in [1.82, 2.24) is 10.2 Å². The number of nitrogens with zero attached hydrogens (tertiary/aromatic N) is 1. The molecule has 1 aromatic rings. The summed E-state index contributed by atoms with van der Waals surface area (Å²) in [6.45, 7) is 1.84. The fraction of sp³-hybridized carbons (Fsp3) is 0.385. The average molecular weight is 317 g/mol. The summed E-state index contributed by atoms with van der Waals surface area (Å²) in [4.78, 5) is 24.5. The molecule has 0 aliphatic carbocycles. The second-order valence-corrected chi connectivity index (χ2v) is 5.51. The number of alkyl halides is 2. The summed E-state index contributed by atoms with van der Waals surface area (Å²) in [6, 6.07) is 5.03. The summed E-state index contributed by atoms with van der Waals surface area (Å²) < 4.78 is 24.4. The van der Waals surface area contributed by atoms with Gasteiger partial charge in [-0.15, -0.1) is 0 Å². The minimum Gasteiger partial charge on any atom is -0.352 e. The number of rotatable bonds is 6. The van der Waals surface area contributed by atoms with Gasteiger partial charge in [0.25, 0.3) is 5.76 Å². The van der Waals surface area contributed by atoms with Gasteiger partial charge in [-0.1, -0.05) is 23.9 Å². The molecule has 0 aromatic heterocycles. The maximum Gasteiger partial charge on any atom is 0.312 e. The quantitative estimate of drug-likeness (QED) is 0.788. The van der Waals surface area contributed by atoms with Crippen LogP contribution in [0.15, 0.2) is 29.2 Å². The molecule has 0 heterocycles. The van der Waals surface area contributed by atoms with Crippen LogP contribution in [0.1, 0.15) is 12.5 Å². The van der Waals surface area contributed by atoms with Crippen LogP contribution < -0.4 is 11.1 Å². The monoisotopic (exact) mass is 317 g/mol. The highest BCUT2D eigenvalue weighted by atomic mass is 32.2. The topological polar surface area (TPSA) is 75.4 Å². The van der Waals surface area contributed by atoms with E-state index in [9.17, 15) is 18.4 Å². The van der Waals surface area contributed by atoms with Gasteiger partial charge < -0.3 is 16.0 Å². The minimum atomic E-state index is -2.46. The number of halogens is 2. The maximum atomic E-state index is 12.2. The predicted octanol–water partition coefficient (Wildman–Crippen LogP) is 2.02. The molecule has 0 saturated carbocycles. The summed E-state index contributed by atoms with van der Waals surface area (Å²) in [7, 11) is 1.59. The van der Waals surface area contributed by atoms with E-state index in [-0.39, 0.29) is 5.91 Å². The molecule has 1 rings (SSSR count). The van der Waals surface area contributed by atoms with Gasteiger partial charge in [0, 0.05) is 18.5 Å². The summed E-state index contributed by atoms with van der Waals surface area (Å²) in [5.41, 5.74) is 5.76. The number of amides is 3. The number of carbonyl (C=O) groups is 2. The Morgan fingerprint density at radius 2 is 1.90 bits per heavy atom. The number of carbonyl (C=O) groups excluding carboxylic acids is 2. The second kappa shape index (κ2) is 7.82. The van der Waals surface area contributed by atoms with Crippen molar-refractivity contribution in [1.29, 1.82) is 0 Å². The Hall–Kier alpha value is -1.83. The first-order chi connectivity index (χ1) is 9.79. The maximum absolute atomic E-state index is 12.2. The van der Waals surface area contributed by atoms with Crippen molar-refractivity contribution in [3.05, 3.63) is 29.8 Å². The Morgan fingerprint density at radius 1 is 1.33 bits per heavy atom. The number of benzene rings is 1. The summed E-state index contributed by atoms with van der Waals surface area (Å²) in [5, 5.41) is 2.30. The van der Waals surface area contributed by atoms with Crippen molar-refractivity contribution < 1.29 is 18.4 Å². The van der Waals surface area contributed by atoms with Crippen molar-refractivity contribution in [2.24, 2.45) is 5.73 Å². The number of nitrogens with one attached hydrogen (secondary N) is 1. The molecule has 0 spiro atoms. The first kappa shape index (κ1) is 17.2. The standard InChI is InChI=1S/C13H17F2N3O2S/c1-8(17-13(16)20)11(19)18(2)7-9-3-5-10(6-4-9)21-12(14)15/h3-6,8,12H,7H2,1-2H3,(H3,16,17,20)/t8-/m1/s1. The summed E-state index contributed by atoms with van der Waals surface area (Å²) in [5.74, 6) is -2.75. The molecule has 8 heteroatoms. The van der Waals surface area contributed by atoms with E-state index in [1.807, 2.05) is 0 Å². The van der Waals surface area contributed by atoms with Crippen LogP contribution in [0.3, 0.4) is 0 Å². The predicted molar refractivity (Wildman–Crippen MR) is 77.0 cm³/mol. The molecule has 0 bridgehead atoms. The molecule has 0 aliphatic heterocycles. The zero-order chi connectivity index (χ0) is 16.0. The Morgan fingerprint density at radius 3 is 2.38 bits per heavy atom. The second-order valence-electron chi connectivity index (χ2n) is 4.45. The summed E-state index contributed by atoms with van der Waals surface area (Å²) in [6.07, 6.45) is 0. The number of likely N-dealkylation sites (N-methyl/N-ethyl adjacent to an activating group) is 1. The minimum absolute atomic E-state index is 0.292. The van der Waals surface area contributed by atoms with Gasteiger partial charge in [0.15, 0.2) is 0 Å². The Kier molecular flexibility index (Phi) is 6.41. The third kappa shape index (κ3) is 5.99. The van der Waals surface area contributed by atoms with Crippen LogP contribution >= 0.6 is 11.8 Å². The van der Waals surface area contributed by atoms with Gasteiger partial charge in [-0.3, -0.25) is 4.79 Å². The van der Waals surface area contributed by atoms with E-state index in [4.69, 9.17) is 5.73 Å². The van der Waals surface area contributed by atoms with Gasteiger partial charge in [-0.2, -0.15) is 8.78 Å². The van der Waals surface area contributed by atoms with Gasteiger partial charge in [0.05, 0.1) is 0 Å². The van der Waals surface area contributed by atoms with Crippen LogP contribution in [0, 0.1) is 0 Å². The average Bonchev–Trinajstić information content (AvgIpc) is 2.38. The highest BCUT2D eigenvalue weighted by molar-refractivity contribution is 7.99. The molecule has 21 heavy (non-hydrogen) atoms. The Labute approximate surface area is 125 Å². The zero-order valence-corrected chi connectivity index (χ0v) is 12.5. The van der Waals surface area contributed by atoms with E-state index < -0.39 is 17.8 Å². The van der Waals surface area contributed by atoms with Gasteiger partial charge in [-0.05, 0) is 24.6 Å². The molecule has 5 nitrogen and oxygen atoms in total. The number of hydrogen-bond acceptors (Lipinski definition) is 3. The normalized spacial score (nSPS) is 12.0. The highest BCUT2D eigenvalue weighted by Crippen LogP contribution is 2.25. The van der Waals surface area contributed by atoms with Crippen LogP contribution in [-0.4, -0.2) is 35.7 Å². The molecule has 0 unspecified atom stereocenters. The van der Waals surface area contributed by atoms with Crippen LogP contribution in [0.25, 0.3) is 0 Å². The third-order valence-electron chi connectivity index (χ3n) is 2.67. The van der Waals surface area contributed by atoms with E-state index >= 15 is 0 Å². The number of nitrogens with two attached hydrogens (primary N) is 1. The molecule has 3 N–H and O–H groups in total. The Bertz CT molecular complexity index is 497. The molecule has 0 aliphatic rings. The van der Waals surface area contributed by atoms with Crippen LogP contribution in [-0.2, 0) is 11.3 Å². The van der Waals surface area contributed by atoms with Crippen molar-refractivity contribution in [3.63, 3.8) is 0 Å². The SMILES string of the molecule is C[C@@H](NC(N)=O)C(=O)N(C)Cc1ccc(SC(F)F)cc1. The first-order valence-electron chi connectivity index (χ1n) is 6.14. The molecule has 1 aromatic carbocycles.